The van der Waals surface area contributed by atoms with E-state index in [0.29, 0.717) is 10.5 Å². The van der Waals surface area contributed by atoms with E-state index in [9.17, 15) is 18.8 Å². The van der Waals surface area contributed by atoms with Crippen molar-refractivity contribution in [2.75, 3.05) is 13.1 Å². The summed E-state index contributed by atoms with van der Waals surface area (Å²) in [5.41, 5.74) is 3.59. The van der Waals surface area contributed by atoms with Gasteiger partial charge in [0.15, 0.2) is 0 Å². The molecule has 0 aliphatic carbocycles. The van der Waals surface area contributed by atoms with Gasteiger partial charge in [-0.15, -0.1) is 0 Å². The maximum Gasteiger partial charge on any atom is 0.293 e. The summed E-state index contributed by atoms with van der Waals surface area (Å²) in [5, 5.41) is 0.594. The molecule has 2 fully saturated rings. The molecule has 0 saturated carbocycles. The van der Waals surface area contributed by atoms with Gasteiger partial charge in [-0.25, -0.2) is 4.39 Å². The number of thioether (sulfide) groups is 1. The molecule has 180 valence electrons. The van der Waals surface area contributed by atoms with Crippen LogP contribution in [0.25, 0.3) is 17.0 Å². The molecule has 0 atom stereocenters. The zero-order valence-corrected chi connectivity index (χ0v) is 20.3. The van der Waals surface area contributed by atoms with Gasteiger partial charge in [0, 0.05) is 30.2 Å². The van der Waals surface area contributed by atoms with Crippen LogP contribution in [0.2, 0.25) is 0 Å². The van der Waals surface area contributed by atoms with Gasteiger partial charge in [-0.1, -0.05) is 37.3 Å². The molecule has 3 aromatic rings. The number of aromatic nitrogens is 1. The lowest BCUT2D eigenvalue weighted by molar-refractivity contribution is -0.130. The quantitative estimate of drug-likeness (QED) is 0.445. The van der Waals surface area contributed by atoms with Crippen LogP contribution in [0.15, 0.2) is 53.6 Å². The lowest BCUT2D eigenvalue weighted by Gasteiger charge is -2.16. The summed E-state index contributed by atoms with van der Waals surface area (Å²) in [4.78, 5) is 42.0. The van der Waals surface area contributed by atoms with Crippen LogP contribution in [0.4, 0.5) is 9.18 Å². The van der Waals surface area contributed by atoms with Crippen LogP contribution in [0, 0.1) is 5.82 Å². The molecule has 3 heterocycles. The highest BCUT2D eigenvalue weighted by molar-refractivity contribution is 8.18. The molecule has 0 N–H and O–H groups in total. The second-order valence-electron chi connectivity index (χ2n) is 8.86. The van der Waals surface area contributed by atoms with Crippen molar-refractivity contribution in [3.8, 4) is 0 Å². The van der Waals surface area contributed by atoms with Gasteiger partial charge in [-0.2, -0.15) is 0 Å². The van der Waals surface area contributed by atoms with Crippen LogP contribution in [-0.4, -0.2) is 44.5 Å². The van der Waals surface area contributed by atoms with Gasteiger partial charge < -0.3 is 9.47 Å². The van der Waals surface area contributed by atoms with Crippen LogP contribution < -0.4 is 0 Å². The zero-order chi connectivity index (χ0) is 24.5. The molecular weight excluding hydrogens is 465 g/mol. The number of carbonyl (C=O) groups excluding carboxylic acids is 3. The Kier molecular flexibility index (Phi) is 6.47. The lowest BCUT2D eigenvalue weighted by Crippen LogP contribution is -2.30. The first kappa shape index (κ1) is 23.4. The molecule has 1 aromatic heterocycles. The van der Waals surface area contributed by atoms with E-state index in [1.54, 1.807) is 18.2 Å². The van der Waals surface area contributed by atoms with Crippen molar-refractivity contribution in [1.82, 2.24) is 14.4 Å². The van der Waals surface area contributed by atoms with Crippen molar-refractivity contribution in [3.05, 3.63) is 76.1 Å². The molecule has 2 aliphatic heterocycles. The molecule has 2 saturated heterocycles. The number of nitrogens with zero attached hydrogens (tertiary/aromatic N) is 3. The van der Waals surface area contributed by atoms with Gasteiger partial charge in [-0.3, -0.25) is 19.3 Å². The number of hydrogen-bond donors (Lipinski definition) is 0. The number of imide groups is 1. The highest BCUT2D eigenvalue weighted by Crippen LogP contribution is 2.35. The third-order valence-corrected chi connectivity index (χ3v) is 7.48. The first-order chi connectivity index (χ1) is 16.9. The Labute approximate surface area is 207 Å². The van der Waals surface area contributed by atoms with E-state index in [1.807, 2.05) is 27.8 Å². The van der Waals surface area contributed by atoms with E-state index in [1.165, 1.54) is 17.0 Å². The Hall–Kier alpha value is -3.39. The standard InChI is InChI=1S/C27H26FN3O3S/c1-2-19-6-5-7-22-20(16-30(25(19)22)17-24(32)29-12-3-4-13-29)14-23-26(33)31(27(34)35-23)15-18-8-10-21(28)11-9-18/h5-11,14,16H,2-4,12-13,15,17H2,1H3/b23-14-. The number of halogens is 1. The van der Waals surface area contributed by atoms with E-state index in [2.05, 4.69) is 13.0 Å². The van der Waals surface area contributed by atoms with Gasteiger partial charge in [0.1, 0.15) is 12.4 Å². The van der Waals surface area contributed by atoms with E-state index < -0.39 is 0 Å². The zero-order valence-electron chi connectivity index (χ0n) is 19.5. The largest absolute Gasteiger partial charge is 0.341 e. The second-order valence-corrected chi connectivity index (χ2v) is 9.85. The molecule has 6 nitrogen and oxygen atoms in total. The molecule has 35 heavy (non-hydrogen) atoms. The number of fused-ring (bicyclic) bond motifs is 1. The van der Waals surface area contributed by atoms with Crippen LogP contribution in [0.1, 0.15) is 36.5 Å². The number of benzene rings is 2. The maximum atomic E-state index is 13.2. The van der Waals surface area contributed by atoms with Crippen LogP contribution >= 0.6 is 11.8 Å². The van der Waals surface area contributed by atoms with Crippen molar-refractivity contribution in [3.63, 3.8) is 0 Å². The minimum absolute atomic E-state index is 0.0916. The second kappa shape index (κ2) is 9.70. The molecule has 0 unspecified atom stereocenters. The highest BCUT2D eigenvalue weighted by Gasteiger charge is 2.35. The van der Waals surface area contributed by atoms with E-state index in [0.717, 1.165) is 66.1 Å². The molecule has 0 spiro atoms. The summed E-state index contributed by atoms with van der Waals surface area (Å²) in [6.07, 6.45) is 6.54. The SMILES string of the molecule is CCc1cccc2c(/C=C3\SC(=O)N(Cc4ccc(F)cc4)C3=O)cn(CC(=O)N3CCCC3)c12. The van der Waals surface area contributed by atoms with Crippen LogP contribution in [0.5, 0.6) is 0 Å². The summed E-state index contributed by atoms with van der Waals surface area (Å²) in [6.45, 7) is 4.01. The number of hydrogen-bond acceptors (Lipinski definition) is 4. The monoisotopic (exact) mass is 491 g/mol. The van der Waals surface area contributed by atoms with E-state index in [-0.39, 0.29) is 36.0 Å². The van der Waals surface area contributed by atoms with Gasteiger partial charge in [-0.05, 0) is 60.4 Å². The predicted octanol–water partition coefficient (Wildman–Crippen LogP) is 5.20. The summed E-state index contributed by atoms with van der Waals surface area (Å²) >= 11 is 0.901. The summed E-state index contributed by atoms with van der Waals surface area (Å²) < 4.78 is 15.2. The molecule has 2 aromatic carbocycles. The van der Waals surface area contributed by atoms with Gasteiger partial charge in [0.25, 0.3) is 11.1 Å². The number of likely N-dealkylation sites (tertiary alicyclic amines) is 1. The average molecular weight is 492 g/mol. The smallest absolute Gasteiger partial charge is 0.293 e. The normalized spacial score (nSPS) is 17.4. The molecule has 2 aliphatic rings. The maximum absolute atomic E-state index is 13.2. The fourth-order valence-corrected chi connectivity index (χ4v) is 5.58. The van der Waals surface area contributed by atoms with Gasteiger partial charge in [0.2, 0.25) is 5.91 Å². The molecular formula is C27H26FN3O3S. The number of rotatable bonds is 6. The van der Waals surface area contributed by atoms with Crippen molar-refractivity contribution < 1.29 is 18.8 Å². The first-order valence-corrected chi connectivity index (χ1v) is 12.6. The summed E-state index contributed by atoms with van der Waals surface area (Å²) in [7, 11) is 0. The van der Waals surface area contributed by atoms with Crippen LogP contribution in [-0.2, 0) is 29.1 Å². The third kappa shape index (κ3) is 4.62. The Morgan fingerprint density at radius 2 is 1.83 bits per heavy atom. The summed E-state index contributed by atoms with van der Waals surface area (Å²) in [5.74, 6) is -0.643. The minimum atomic E-state index is -0.370. The Morgan fingerprint density at radius 1 is 1.09 bits per heavy atom. The number of carbonyl (C=O) groups is 3. The van der Waals surface area contributed by atoms with E-state index >= 15 is 0 Å². The van der Waals surface area contributed by atoms with Crippen molar-refractivity contribution in [2.45, 2.75) is 39.3 Å². The highest BCUT2D eigenvalue weighted by atomic mass is 32.2. The van der Waals surface area contributed by atoms with Crippen LogP contribution in [0.3, 0.4) is 0 Å². The van der Waals surface area contributed by atoms with Gasteiger partial charge in [0.05, 0.1) is 17.0 Å². The number of aryl methyl sites for hydroxylation is 1. The average Bonchev–Trinajstić information content (AvgIpc) is 3.57. The lowest BCUT2D eigenvalue weighted by atomic mass is 10.1. The number of para-hydroxylation sites is 1. The molecule has 0 radical (unpaired) electrons. The van der Waals surface area contributed by atoms with Gasteiger partial charge >= 0.3 is 0 Å². The van der Waals surface area contributed by atoms with Crippen molar-refractivity contribution in [2.24, 2.45) is 0 Å². The Bertz CT molecular complexity index is 1340. The molecule has 3 amide bonds. The third-order valence-electron chi connectivity index (χ3n) is 6.57. The Balaban J connectivity index is 1.46. The first-order valence-electron chi connectivity index (χ1n) is 11.8. The minimum Gasteiger partial charge on any atom is -0.341 e. The summed E-state index contributed by atoms with van der Waals surface area (Å²) in [6, 6.07) is 11.8. The number of amides is 3. The van der Waals surface area contributed by atoms with Crippen molar-refractivity contribution >= 4 is 45.8 Å². The predicted molar refractivity (Wildman–Crippen MR) is 135 cm³/mol. The topological polar surface area (TPSA) is 62.6 Å². The van der Waals surface area contributed by atoms with E-state index in [4.69, 9.17) is 0 Å². The molecule has 8 heteroatoms. The van der Waals surface area contributed by atoms with Crippen molar-refractivity contribution in [1.29, 1.82) is 0 Å². The fourth-order valence-electron chi connectivity index (χ4n) is 4.75. The molecule has 0 bridgehead atoms. The Morgan fingerprint density at radius 3 is 2.54 bits per heavy atom. The molecule has 5 rings (SSSR count). The fraction of sp³-hybridized carbons (Fsp3) is 0.296.